The second kappa shape index (κ2) is 10.5. The summed E-state index contributed by atoms with van der Waals surface area (Å²) in [4.78, 5) is 35.6. The number of halogens is 1. The van der Waals surface area contributed by atoms with E-state index in [0.29, 0.717) is 10.7 Å². The van der Waals surface area contributed by atoms with Crippen LogP contribution in [-0.2, 0) is 19.1 Å². The van der Waals surface area contributed by atoms with Crippen molar-refractivity contribution in [1.29, 1.82) is 0 Å². The molecule has 1 atom stereocenters. The highest BCUT2D eigenvalue weighted by Gasteiger charge is 2.13. The van der Waals surface area contributed by atoms with Gasteiger partial charge in [-0.15, -0.1) is 0 Å². The van der Waals surface area contributed by atoms with Gasteiger partial charge in [-0.25, -0.2) is 0 Å². The van der Waals surface area contributed by atoms with Crippen LogP contribution in [0.15, 0.2) is 48.5 Å². The van der Waals surface area contributed by atoms with Crippen molar-refractivity contribution in [3.05, 3.63) is 64.7 Å². The molecule has 0 aliphatic heterocycles. The third-order valence-corrected chi connectivity index (χ3v) is 4.46. The van der Waals surface area contributed by atoms with Gasteiger partial charge >= 0.3 is 5.97 Å². The Hall–Kier alpha value is -2.86. The number of esters is 1. The highest BCUT2D eigenvalue weighted by Crippen LogP contribution is 2.20. The normalized spacial score (nSPS) is 11.4. The minimum absolute atomic E-state index is 0.0492. The van der Waals surface area contributed by atoms with Crippen LogP contribution >= 0.6 is 11.6 Å². The summed E-state index contributed by atoms with van der Waals surface area (Å²) in [5.74, 6) is -1.35. The van der Waals surface area contributed by atoms with E-state index in [4.69, 9.17) is 16.3 Å². The molecule has 0 heterocycles. The van der Waals surface area contributed by atoms with Crippen molar-refractivity contribution in [3.63, 3.8) is 0 Å². The van der Waals surface area contributed by atoms with Crippen LogP contribution in [0.4, 0.5) is 5.69 Å². The van der Waals surface area contributed by atoms with Gasteiger partial charge in [-0.05, 0) is 37.1 Å². The Morgan fingerprint density at radius 3 is 2.43 bits per heavy atom. The minimum Gasteiger partial charge on any atom is -0.456 e. The average Bonchev–Trinajstić information content (AvgIpc) is 2.68. The second-order valence-electron chi connectivity index (χ2n) is 6.37. The van der Waals surface area contributed by atoms with Crippen molar-refractivity contribution in [2.75, 3.05) is 11.9 Å². The number of rotatable bonds is 8. The van der Waals surface area contributed by atoms with Crippen LogP contribution < -0.4 is 10.6 Å². The summed E-state index contributed by atoms with van der Waals surface area (Å²) in [6, 6.07) is 14.4. The lowest BCUT2D eigenvalue weighted by molar-refractivity contribution is -0.149. The third-order valence-electron chi connectivity index (χ3n) is 4.05. The molecule has 0 radical (unpaired) electrons. The van der Waals surface area contributed by atoms with Crippen molar-refractivity contribution >= 4 is 35.1 Å². The number of aryl methyl sites for hydroxylation is 1. The molecule has 2 N–H and O–H groups in total. The van der Waals surface area contributed by atoms with E-state index in [1.54, 1.807) is 18.2 Å². The Balaban J connectivity index is 1.68. The molecule has 2 rings (SSSR count). The van der Waals surface area contributed by atoms with Gasteiger partial charge in [0.1, 0.15) is 0 Å². The third kappa shape index (κ3) is 7.04. The molecule has 7 heteroatoms. The lowest BCUT2D eigenvalue weighted by atomic mass is 10.1. The van der Waals surface area contributed by atoms with Gasteiger partial charge < -0.3 is 15.4 Å². The molecule has 0 saturated carbocycles. The quantitative estimate of drug-likeness (QED) is 0.658. The average molecular weight is 403 g/mol. The summed E-state index contributed by atoms with van der Waals surface area (Å²) in [6.45, 7) is 3.32. The summed E-state index contributed by atoms with van der Waals surface area (Å²) in [7, 11) is 0. The summed E-state index contributed by atoms with van der Waals surface area (Å²) >= 11 is 6.01. The number of hydrogen-bond donors (Lipinski definition) is 2. The zero-order valence-corrected chi connectivity index (χ0v) is 16.6. The van der Waals surface area contributed by atoms with Crippen molar-refractivity contribution < 1.29 is 19.1 Å². The summed E-state index contributed by atoms with van der Waals surface area (Å²) < 4.78 is 4.92. The SMILES string of the molecule is Cc1ccc(NC(=O)CCC(=O)OCC(=O)N[C@H](C)c2ccccc2)cc1Cl. The zero-order valence-electron chi connectivity index (χ0n) is 15.8. The van der Waals surface area contributed by atoms with Crippen LogP contribution in [0.1, 0.15) is 36.9 Å². The number of amides is 2. The first-order chi connectivity index (χ1) is 13.3. The van der Waals surface area contributed by atoms with Gasteiger partial charge in [-0.2, -0.15) is 0 Å². The minimum atomic E-state index is -0.611. The highest BCUT2D eigenvalue weighted by molar-refractivity contribution is 6.31. The number of carbonyl (C=O) groups is 3. The number of nitrogens with one attached hydrogen (secondary N) is 2. The first-order valence-corrected chi connectivity index (χ1v) is 9.29. The summed E-state index contributed by atoms with van der Waals surface area (Å²) in [5.41, 5.74) is 2.42. The molecule has 0 bridgehead atoms. The lowest BCUT2D eigenvalue weighted by Gasteiger charge is -2.14. The van der Waals surface area contributed by atoms with Crippen molar-refractivity contribution in [2.45, 2.75) is 32.7 Å². The van der Waals surface area contributed by atoms with Gasteiger partial charge in [0.2, 0.25) is 5.91 Å². The largest absolute Gasteiger partial charge is 0.456 e. The summed E-state index contributed by atoms with van der Waals surface area (Å²) in [6.07, 6.45) is -0.167. The maximum Gasteiger partial charge on any atom is 0.306 e. The van der Waals surface area contributed by atoms with E-state index in [2.05, 4.69) is 10.6 Å². The predicted octanol–water partition coefficient (Wildman–Crippen LogP) is 3.79. The maximum atomic E-state index is 11.9. The fraction of sp³-hybridized carbons (Fsp3) is 0.286. The number of ether oxygens (including phenoxy) is 1. The summed E-state index contributed by atoms with van der Waals surface area (Å²) in [5, 5.41) is 5.96. The maximum absolute atomic E-state index is 11.9. The molecule has 0 aromatic heterocycles. The molecule has 0 aliphatic carbocycles. The molecule has 0 aliphatic rings. The van der Waals surface area contributed by atoms with Gasteiger partial charge in [0, 0.05) is 17.1 Å². The van der Waals surface area contributed by atoms with Gasteiger partial charge in [0.05, 0.1) is 12.5 Å². The van der Waals surface area contributed by atoms with Crippen LogP contribution in [0, 0.1) is 6.92 Å². The highest BCUT2D eigenvalue weighted by atomic mass is 35.5. The van der Waals surface area contributed by atoms with E-state index in [-0.39, 0.29) is 31.4 Å². The van der Waals surface area contributed by atoms with Crippen LogP contribution in [-0.4, -0.2) is 24.4 Å². The second-order valence-corrected chi connectivity index (χ2v) is 6.78. The molecule has 0 unspecified atom stereocenters. The van der Waals surface area contributed by atoms with Crippen molar-refractivity contribution in [3.8, 4) is 0 Å². The fourth-order valence-electron chi connectivity index (χ4n) is 2.44. The molecule has 6 nitrogen and oxygen atoms in total. The first kappa shape index (κ1) is 21.4. The Morgan fingerprint density at radius 1 is 1.04 bits per heavy atom. The zero-order chi connectivity index (χ0) is 20.5. The van der Waals surface area contributed by atoms with Crippen LogP contribution in [0.5, 0.6) is 0 Å². The number of hydrogen-bond acceptors (Lipinski definition) is 4. The molecule has 0 saturated heterocycles. The Labute approximate surface area is 169 Å². The van der Waals surface area contributed by atoms with Gasteiger partial charge in [-0.1, -0.05) is 48.0 Å². The predicted molar refractivity (Wildman–Crippen MR) is 108 cm³/mol. The first-order valence-electron chi connectivity index (χ1n) is 8.91. The van der Waals surface area contributed by atoms with E-state index >= 15 is 0 Å². The van der Waals surface area contributed by atoms with Crippen molar-refractivity contribution in [1.82, 2.24) is 5.32 Å². The van der Waals surface area contributed by atoms with Crippen LogP contribution in [0.3, 0.4) is 0 Å². The molecular weight excluding hydrogens is 380 g/mol. The number of benzene rings is 2. The van der Waals surface area contributed by atoms with E-state index in [0.717, 1.165) is 11.1 Å². The van der Waals surface area contributed by atoms with E-state index in [1.807, 2.05) is 44.2 Å². The molecule has 28 heavy (non-hydrogen) atoms. The standard InChI is InChI=1S/C21H23ClN2O4/c1-14-8-9-17(12-18(14)22)24-19(25)10-11-21(27)28-13-20(26)23-15(2)16-6-4-3-5-7-16/h3-9,12,15H,10-11,13H2,1-2H3,(H,23,26)(H,24,25)/t15-/m1/s1. The van der Waals surface area contributed by atoms with E-state index in [1.165, 1.54) is 0 Å². The molecule has 148 valence electrons. The smallest absolute Gasteiger partial charge is 0.306 e. The monoisotopic (exact) mass is 402 g/mol. The molecule has 2 aromatic rings. The van der Waals surface area contributed by atoms with Crippen molar-refractivity contribution in [2.24, 2.45) is 0 Å². The van der Waals surface area contributed by atoms with E-state index in [9.17, 15) is 14.4 Å². The Morgan fingerprint density at radius 2 is 1.75 bits per heavy atom. The lowest BCUT2D eigenvalue weighted by Crippen LogP contribution is -2.31. The molecule has 2 aromatic carbocycles. The molecule has 0 spiro atoms. The number of anilines is 1. The topological polar surface area (TPSA) is 84.5 Å². The van der Waals surface area contributed by atoms with Gasteiger partial charge in [0.15, 0.2) is 6.61 Å². The number of carbonyl (C=O) groups excluding carboxylic acids is 3. The molecule has 2 amide bonds. The fourth-order valence-corrected chi connectivity index (χ4v) is 2.62. The van der Waals surface area contributed by atoms with Crippen LogP contribution in [0.25, 0.3) is 0 Å². The van der Waals surface area contributed by atoms with Crippen LogP contribution in [0.2, 0.25) is 5.02 Å². The Kier molecular flexibility index (Phi) is 8.02. The molecular formula is C21H23ClN2O4. The van der Waals surface area contributed by atoms with Gasteiger partial charge in [0.25, 0.3) is 5.91 Å². The molecule has 0 fully saturated rings. The van der Waals surface area contributed by atoms with E-state index < -0.39 is 11.9 Å². The Bertz CT molecular complexity index is 840. The van der Waals surface area contributed by atoms with Gasteiger partial charge in [-0.3, -0.25) is 14.4 Å².